The third kappa shape index (κ3) is 5.99. The first kappa shape index (κ1) is 19.0. The Morgan fingerprint density at radius 1 is 1.45 bits per heavy atom. The summed E-state index contributed by atoms with van der Waals surface area (Å²) in [6, 6.07) is 5.91. The monoisotopic (exact) mass is 388 g/mol. The molecule has 2 rings (SSSR count). The molecular weight excluding hydrogens is 368 g/mol. The topological polar surface area (TPSA) is 50.4 Å². The van der Waals surface area contributed by atoms with Gasteiger partial charge in [-0.25, -0.2) is 0 Å². The maximum absolute atomic E-state index is 11.9. The Morgan fingerprint density at radius 3 is 2.91 bits per heavy atom. The number of hydrogen-bond donors (Lipinski definition) is 2. The highest BCUT2D eigenvalue weighted by Gasteiger charge is 2.07. The molecule has 1 aliphatic rings. The highest BCUT2D eigenvalue weighted by molar-refractivity contribution is 9.10. The number of amides is 1. The number of nitrogens with one attached hydrogen (secondary N) is 2. The van der Waals surface area contributed by atoms with Gasteiger partial charge in [-0.1, -0.05) is 17.7 Å². The Labute approximate surface area is 146 Å². The van der Waals surface area contributed by atoms with Gasteiger partial charge >= 0.3 is 0 Å². The average Bonchev–Trinajstić information content (AvgIpc) is 2.52. The number of methoxy groups -OCH3 is 1. The molecule has 6 heteroatoms. The van der Waals surface area contributed by atoms with Crippen molar-refractivity contribution in [2.24, 2.45) is 0 Å². The molecule has 2 N–H and O–H groups in total. The van der Waals surface area contributed by atoms with Crippen molar-refractivity contribution in [2.45, 2.75) is 19.3 Å². The van der Waals surface area contributed by atoms with Crippen LogP contribution in [0.1, 0.15) is 18.4 Å². The van der Waals surface area contributed by atoms with Gasteiger partial charge in [-0.2, -0.15) is 0 Å². The molecule has 4 nitrogen and oxygen atoms in total. The third-order valence-electron chi connectivity index (χ3n) is 3.53. The number of rotatable bonds is 6. The van der Waals surface area contributed by atoms with E-state index in [1.807, 2.05) is 18.2 Å². The first-order chi connectivity index (χ1) is 10.2. The van der Waals surface area contributed by atoms with Crippen molar-refractivity contribution >= 4 is 34.2 Å². The van der Waals surface area contributed by atoms with Crippen LogP contribution in [0.15, 0.2) is 34.3 Å². The van der Waals surface area contributed by atoms with Crippen LogP contribution in [0.4, 0.5) is 0 Å². The van der Waals surface area contributed by atoms with E-state index in [-0.39, 0.29) is 18.3 Å². The lowest BCUT2D eigenvalue weighted by atomic mass is 10.1. The molecule has 0 aromatic heterocycles. The summed E-state index contributed by atoms with van der Waals surface area (Å²) in [5.74, 6) is 0.905. The number of aryl methyl sites for hydroxylation is 1. The minimum absolute atomic E-state index is 0. The Balaban J connectivity index is 0.00000242. The second kappa shape index (κ2) is 9.87. The van der Waals surface area contributed by atoms with Gasteiger partial charge in [0.2, 0.25) is 5.91 Å². The summed E-state index contributed by atoms with van der Waals surface area (Å²) in [6.07, 6.45) is 4.41. The summed E-state index contributed by atoms with van der Waals surface area (Å²) in [5.41, 5.74) is 2.44. The fourth-order valence-electron chi connectivity index (χ4n) is 2.25. The van der Waals surface area contributed by atoms with E-state index < -0.39 is 0 Å². The molecule has 1 aliphatic heterocycles. The molecule has 0 saturated heterocycles. The van der Waals surface area contributed by atoms with Crippen molar-refractivity contribution in [3.05, 3.63) is 39.9 Å². The summed E-state index contributed by atoms with van der Waals surface area (Å²) in [7, 11) is 1.64. The van der Waals surface area contributed by atoms with E-state index in [0.717, 1.165) is 41.7 Å². The standard InChI is InChI=1S/C16H21BrN2O2.ClH/c1-21-15-4-2-12(10-14(15)17)3-5-16(20)19-11-13-6-8-18-9-7-13;/h2,4,6,10,18H,3,5,7-9,11H2,1H3,(H,19,20);1H. The van der Waals surface area contributed by atoms with Gasteiger partial charge in [0.25, 0.3) is 0 Å². The number of benzene rings is 1. The molecule has 0 radical (unpaired) electrons. The maximum Gasteiger partial charge on any atom is 0.220 e. The largest absolute Gasteiger partial charge is 0.496 e. The Hall–Kier alpha value is -1.04. The molecule has 0 aliphatic carbocycles. The van der Waals surface area contributed by atoms with Gasteiger partial charge in [-0.15, -0.1) is 12.4 Å². The van der Waals surface area contributed by atoms with Gasteiger partial charge in [0.15, 0.2) is 0 Å². The highest BCUT2D eigenvalue weighted by atomic mass is 79.9. The van der Waals surface area contributed by atoms with Gasteiger partial charge in [0, 0.05) is 19.5 Å². The number of halogens is 2. The van der Waals surface area contributed by atoms with Crippen molar-refractivity contribution in [1.82, 2.24) is 10.6 Å². The molecule has 0 spiro atoms. The van der Waals surface area contributed by atoms with Crippen molar-refractivity contribution < 1.29 is 9.53 Å². The fourth-order valence-corrected chi connectivity index (χ4v) is 2.84. The minimum Gasteiger partial charge on any atom is -0.496 e. The van der Waals surface area contributed by atoms with E-state index in [1.165, 1.54) is 5.57 Å². The van der Waals surface area contributed by atoms with Gasteiger partial charge < -0.3 is 15.4 Å². The van der Waals surface area contributed by atoms with Gasteiger partial charge in [-0.3, -0.25) is 4.79 Å². The van der Waals surface area contributed by atoms with E-state index >= 15 is 0 Å². The number of ether oxygens (including phenoxy) is 1. The lowest BCUT2D eigenvalue weighted by molar-refractivity contribution is -0.120. The van der Waals surface area contributed by atoms with E-state index in [1.54, 1.807) is 7.11 Å². The molecule has 1 aromatic rings. The molecule has 0 unspecified atom stereocenters. The van der Waals surface area contributed by atoms with E-state index in [2.05, 4.69) is 32.6 Å². The van der Waals surface area contributed by atoms with Crippen LogP contribution < -0.4 is 15.4 Å². The van der Waals surface area contributed by atoms with Crippen LogP contribution in [0, 0.1) is 0 Å². The van der Waals surface area contributed by atoms with Gasteiger partial charge in [0.05, 0.1) is 11.6 Å². The Kier molecular flexibility index (Phi) is 8.53. The molecule has 1 aromatic carbocycles. The maximum atomic E-state index is 11.9. The molecule has 1 amide bonds. The summed E-state index contributed by atoms with van der Waals surface area (Å²) in [4.78, 5) is 11.9. The average molecular weight is 390 g/mol. The lowest BCUT2D eigenvalue weighted by Crippen LogP contribution is -2.29. The van der Waals surface area contributed by atoms with Crippen LogP contribution in [0.25, 0.3) is 0 Å². The predicted molar refractivity (Wildman–Crippen MR) is 94.8 cm³/mol. The molecule has 0 saturated carbocycles. The second-order valence-electron chi connectivity index (χ2n) is 5.06. The number of hydrogen-bond acceptors (Lipinski definition) is 3. The lowest BCUT2D eigenvalue weighted by Gasteiger charge is -2.14. The first-order valence-corrected chi connectivity index (χ1v) is 7.96. The summed E-state index contributed by atoms with van der Waals surface area (Å²) in [6.45, 7) is 2.58. The number of carbonyl (C=O) groups is 1. The van der Waals surface area contributed by atoms with Crippen LogP contribution in [0.3, 0.4) is 0 Å². The molecule has 0 bridgehead atoms. The summed E-state index contributed by atoms with van der Waals surface area (Å²) < 4.78 is 6.11. The normalized spacial score (nSPS) is 13.8. The SMILES string of the molecule is COc1ccc(CCC(=O)NCC2=CCNCC2)cc1Br.Cl. The van der Waals surface area contributed by atoms with Crippen molar-refractivity contribution in [1.29, 1.82) is 0 Å². The van der Waals surface area contributed by atoms with Gasteiger partial charge in [-0.05, 0) is 53.0 Å². The van der Waals surface area contributed by atoms with Gasteiger partial charge in [0.1, 0.15) is 5.75 Å². The van der Waals surface area contributed by atoms with Crippen LogP contribution >= 0.6 is 28.3 Å². The smallest absolute Gasteiger partial charge is 0.220 e. The number of carbonyl (C=O) groups excluding carboxylic acids is 1. The molecule has 0 atom stereocenters. The quantitative estimate of drug-likeness (QED) is 0.736. The Morgan fingerprint density at radius 2 is 2.27 bits per heavy atom. The van der Waals surface area contributed by atoms with E-state index in [9.17, 15) is 4.79 Å². The van der Waals surface area contributed by atoms with Crippen molar-refractivity contribution in [3.63, 3.8) is 0 Å². The van der Waals surface area contributed by atoms with E-state index in [0.29, 0.717) is 13.0 Å². The van der Waals surface area contributed by atoms with Crippen LogP contribution in [0.5, 0.6) is 5.75 Å². The first-order valence-electron chi connectivity index (χ1n) is 7.17. The summed E-state index contributed by atoms with van der Waals surface area (Å²) in [5, 5.41) is 6.25. The predicted octanol–water partition coefficient (Wildman–Crippen LogP) is 2.85. The summed E-state index contributed by atoms with van der Waals surface area (Å²) >= 11 is 3.46. The van der Waals surface area contributed by atoms with Crippen LogP contribution in [0.2, 0.25) is 0 Å². The highest BCUT2D eigenvalue weighted by Crippen LogP contribution is 2.25. The second-order valence-corrected chi connectivity index (χ2v) is 5.92. The molecular formula is C16H22BrClN2O2. The fraction of sp³-hybridized carbons (Fsp3) is 0.438. The van der Waals surface area contributed by atoms with Crippen molar-refractivity contribution in [3.8, 4) is 5.75 Å². The molecule has 122 valence electrons. The molecule has 1 heterocycles. The zero-order chi connectivity index (χ0) is 15.1. The zero-order valence-corrected chi connectivity index (χ0v) is 15.1. The third-order valence-corrected chi connectivity index (χ3v) is 4.15. The molecule has 22 heavy (non-hydrogen) atoms. The van der Waals surface area contributed by atoms with E-state index in [4.69, 9.17) is 4.74 Å². The zero-order valence-electron chi connectivity index (χ0n) is 12.7. The minimum atomic E-state index is 0. The Bertz CT molecular complexity index is 535. The molecule has 0 fully saturated rings. The van der Waals surface area contributed by atoms with Crippen LogP contribution in [-0.2, 0) is 11.2 Å². The van der Waals surface area contributed by atoms with Crippen molar-refractivity contribution in [2.75, 3.05) is 26.7 Å². The van der Waals surface area contributed by atoms with Crippen LogP contribution in [-0.4, -0.2) is 32.7 Å².